The summed E-state index contributed by atoms with van der Waals surface area (Å²) in [6, 6.07) is 17.5. The van der Waals surface area contributed by atoms with E-state index in [1.165, 1.54) is 0 Å². The Morgan fingerprint density at radius 1 is 0.652 bits per heavy atom. The Bertz CT molecular complexity index is 2100. The number of ether oxygens (including phenoxy) is 1. The van der Waals surface area contributed by atoms with Gasteiger partial charge < -0.3 is 4.74 Å². The van der Waals surface area contributed by atoms with E-state index in [-0.39, 0.29) is 22.5 Å². The quantitative estimate of drug-likeness (QED) is 0.196. The first-order chi connectivity index (χ1) is 21.5. The summed E-state index contributed by atoms with van der Waals surface area (Å²) in [6.07, 6.45) is 0.704. The number of hydrogen-bond acceptors (Lipinski definition) is 4. The Morgan fingerprint density at radius 2 is 1.33 bits per heavy atom. The van der Waals surface area contributed by atoms with Crippen molar-refractivity contribution in [1.29, 1.82) is 0 Å². The lowest BCUT2D eigenvalue weighted by Crippen LogP contribution is -2.13. The summed E-state index contributed by atoms with van der Waals surface area (Å²) in [4.78, 5) is 13.8. The maximum absolute atomic E-state index is 14.2. The highest BCUT2D eigenvalue weighted by atomic mass is 19.4. The Hall–Kier alpha value is -4.72. The molecule has 0 radical (unpaired) electrons. The van der Waals surface area contributed by atoms with E-state index in [1.54, 1.807) is 18.3 Å². The van der Waals surface area contributed by atoms with Gasteiger partial charge in [0, 0.05) is 35.4 Å². The molecule has 0 aliphatic carbocycles. The molecular weight excluding hydrogens is 585 g/mol. The van der Waals surface area contributed by atoms with Crippen LogP contribution in [0.5, 0.6) is 11.6 Å². The molecule has 0 aliphatic rings. The van der Waals surface area contributed by atoms with Crippen LogP contribution in [0.2, 0.25) is 0 Å². The molecule has 0 aliphatic heterocycles. The first-order valence-corrected chi connectivity index (χ1v) is 15.2. The minimum Gasteiger partial charge on any atom is -0.439 e. The summed E-state index contributed by atoms with van der Waals surface area (Å²) in [5.41, 5.74) is 5.60. The van der Waals surface area contributed by atoms with Gasteiger partial charge in [0.15, 0.2) is 0 Å². The zero-order valence-electron chi connectivity index (χ0n) is 27.3. The molecule has 6 rings (SSSR count). The van der Waals surface area contributed by atoms with Crippen LogP contribution in [0.3, 0.4) is 0 Å². The molecule has 46 heavy (non-hydrogen) atoms. The summed E-state index contributed by atoms with van der Waals surface area (Å²) in [7, 11) is 0. The molecule has 0 unspecified atom stereocenters. The highest BCUT2D eigenvalue weighted by Gasteiger charge is 2.32. The number of hydrogen-bond donors (Lipinski definition) is 0. The first kappa shape index (κ1) is 31.3. The third kappa shape index (κ3) is 5.96. The predicted octanol–water partition coefficient (Wildman–Crippen LogP) is 10.7. The number of pyridine rings is 1. The fourth-order valence-corrected chi connectivity index (χ4v) is 5.72. The van der Waals surface area contributed by atoms with Gasteiger partial charge in [0.1, 0.15) is 5.75 Å². The second-order valence-corrected chi connectivity index (χ2v) is 14.0. The predicted molar refractivity (Wildman–Crippen MR) is 178 cm³/mol. The topological polar surface area (TPSA) is 52.8 Å². The Balaban J connectivity index is 1.55. The van der Waals surface area contributed by atoms with Gasteiger partial charge in [-0.1, -0.05) is 59.2 Å². The van der Waals surface area contributed by atoms with Crippen LogP contribution < -0.4 is 4.74 Å². The number of halogens is 3. The monoisotopic (exact) mass is 622 g/mol. The highest BCUT2D eigenvalue weighted by Crippen LogP contribution is 2.41. The van der Waals surface area contributed by atoms with Gasteiger partial charge in [-0.2, -0.15) is 13.2 Å². The van der Waals surface area contributed by atoms with Gasteiger partial charge in [0.2, 0.25) is 11.8 Å². The molecule has 0 fully saturated rings. The molecular formula is C38H37F3N4O. The summed E-state index contributed by atoms with van der Waals surface area (Å²) >= 11 is 0. The van der Waals surface area contributed by atoms with Crippen molar-refractivity contribution in [2.75, 3.05) is 0 Å². The third-order valence-corrected chi connectivity index (χ3v) is 8.31. The molecule has 0 atom stereocenters. The van der Waals surface area contributed by atoms with Crippen molar-refractivity contribution < 1.29 is 17.9 Å². The Kier molecular flexibility index (Phi) is 7.45. The average molecular weight is 623 g/mol. The standard InChI is InChI=1S/C38H37F3N4O/c1-22-9-10-31-30(13-22)34-23(2)14-24(17-32(34)45(31)35-43-20-28(21-44-35)37(6,7)8)25-15-27(38(39,40)41)18-29(16-25)46-33-19-26(11-12-42-33)36(3,4)5/h9-21H,1-8H3. The van der Waals surface area contributed by atoms with Crippen LogP contribution in [0.15, 0.2) is 79.3 Å². The van der Waals surface area contributed by atoms with E-state index in [2.05, 4.69) is 52.6 Å². The van der Waals surface area contributed by atoms with Gasteiger partial charge in [0.25, 0.3) is 0 Å². The molecule has 0 N–H and O–H groups in total. The number of fused-ring (bicyclic) bond motifs is 3. The minimum absolute atomic E-state index is 0.0541. The molecule has 5 nitrogen and oxygen atoms in total. The van der Waals surface area contributed by atoms with Crippen LogP contribution in [0.25, 0.3) is 38.9 Å². The van der Waals surface area contributed by atoms with Crippen LogP contribution in [-0.4, -0.2) is 19.5 Å². The lowest BCUT2D eigenvalue weighted by Gasteiger charge is -2.19. The van der Waals surface area contributed by atoms with E-state index in [9.17, 15) is 13.2 Å². The molecule has 236 valence electrons. The zero-order chi connectivity index (χ0) is 33.2. The molecule has 0 saturated carbocycles. The fraction of sp³-hybridized carbons (Fsp3) is 0.289. The van der Waals surface area contributed by atoms with Crippen molar-refractivity contribution in [2.45, 2.75) is 72.4 Å². The molecule has 6 aromatic rings. The van der Waals surface area contributed by atoms with Crippen LogP contribution in [0.4, 0.5) is 13.2 Å². The fourth-order valence-electron chi connectivity index (χ4n) is 5.72. The normalized spacial score (nSPS) is 12.7. The molecule has 0 amide bonds. The Morgan fingerprint density at radius 3 is 1.98 bits per heavy atom. The van der Waals surface area contributed by atoms with Gasteiger partial charge >= 0.3 is 6.18 Å². The number of aryl methyl sites for hydroxylation is 2. The van der Waals surface area contributed by atoms with Gasteiger partial charge in [0.05, 0.1) is 16.6 Å². The third-order valence-electron chi connectivity index (χ3n) is 8.31. The van der Waals surface area contributed by atoms with Crippen LogP contribution in [0.1, 0.15) is 69.4 Å². The molecule has 8 heteroatoms. The lowest BCUT2D eigenvalue weighted by atomic mass is 9.88. The smallest absolute Gasteiger partial charge is 0.416 e. The summed E-state index contributed by atoms with van der Waals surface area (Å²) < 4.78 is 50.7. The molecule has 0 bridgehead atoms. The number of aromatic nitrogens is 4. The van der Waals surface area contributed by atoms with Gasteiger partial charge in [-0.15, -0.1) is 0 Å². The number of benzene rings is 3. The van der Waals surface area contributed by atoms with Crippen molar-refractivity contribution in [3.63, 3.8) is 0 Å². The highest BCUT2D eigenvalue weighted by molar-refractivity contribution is 6.11. The number of rotatable bonds is 4. The molecule has 3 heterocycles. The maximum atomic E-state index is 14.2. The van der Waals surface area contributed by atoms with Crippen LogP contribution in [0, 0.1) is 13.8 Å². The summed E-state index contributed by atoms with van der Waals surface area (Å²) in [6.45, 7) is 16.5. The zero-order valence-corrected chi connectivity index (χ0v) is 27.3. The second-order valence-electron chi connectivity index (χ2n) is 14.0. The summed E-state index contributed by atoms with van der Waals surface area (Å²) in [5.74, 6) is 0.778. The van der Waals surface area contributed by atoms with E-state index in [1.807, 2.05) is 61.1 Å². The number of alkyl halides is 3. The van der Waals surface area contributed by atoms with E-state index >= 15 is 0 Å². The van der Waals surface area contributed by atoms with Crippen molar-refractivity contribution in [1.82, 2.24) is 19.5 Å². The number of nitrogens with zero attached hydrogens (tertiary/aromatic N) is 4. The molecule has 0 saturated heterocycles. The minimum atomic E-state index is -4.58. The summed E-state index contributed by atoms with van der Waals surface area (Å²) in [5, 5.41) is 2.03. The van der Waals surface area contributed by atoms with Gasteiger partial charge in [-0.25, -0.2) is 15.0 Å². The van der Waals surface area contributed by atoms with Crippen LogP contribution in [-0.2, 0) is 17.0 Å². The molecule has 3 aromatic carbocycles. The van der Waals surface area contributed by atoms with Crippen molar-refractivity contribution >= 4 is 21.8 Å². The van der Waals surface area contributed by atoms with Crippen molar-refractivity contribution in [3.05, 3.63) is 107 Å². The van der Waals surface area contributed by atoms with E-state index in [4.69, 9.17) is 14.7 Å². The van der Waals surface area contributed by atoms with Crippen molar-refractivity contribution in [2.24, 2.45) is 0 Å². The molecule has 0 spiro atoms. The van der Waals surface area contributed by atoms with Crippen LogP contribution >= 0.6 is 0 Å². The van der Waals surface area contributed by atoms with Gasteiger partial charge in [-0.3, -0.25) is 4.57 Å². The first-order valence-electron chi connectivity index (χ1n) is 15.2. The second kappa shape index (κ2) is 11.0. The SMILES string of the molecule is Cc1ccc2c(c1)c1c(C)cc(-c3cc(Oc4cc(C(C)(C)C)ccn4)cc(C(F)(F)F)c3)cc1n2-c1ncc(C(C)(C)C)cn1. The van der Waals surface area contributed by atoms with E-state index < -0.39 is 11.7 Å². The largest absolute Gasteiger partial charge is 0.439 e. The average Bonchev–Trinajstić information content (AvgIpc) is 3.29. The Labute approximate surface area is 267 Å². The van der Waals surface area contributed by atoms with Crippen molar-refractivity contribution in [3.8, 4) is 28.7 Å². The lowest BCUT2D eigenvalue weighted by molar-refractivity contribution is -0.137. The van der Waals surface area contributed by atoms with Gasteiger partial charge in [-0.05, 0) is 95.0 Å². The maximum Gasteiger partial charge on any atom is 0.416 e. The van der Waals surface area contributed by atoms with E-state index in [0.717, 1.165) is 56.2 Å². The van der Waals surface area contributed by atoms with E-state index in [0.29, 0.717) is 17.1 Å². The molecule has 3 aromatic heterocycles.